The highest BCUT2D eigenvalue weighted by atomic mass is 16.3. The van der Waals surface area contributed by atoms with E-state index in [0.717, 1.165) is 61.4 Å². The van der Waals surface area contributed by atoms with Crippen LogP contribution >= 0.6 is 0 Å². The molecule has 0 atom stereocenters. The molecule has 0 amide bonds. The van der Waals surface area contributed by atoms with Crippen molar-refractivity contribution in [3.05, 3.63) is 243 Å². The first kappa shape index (κ1) is 36.5. The quantitative estimate of drug-likeness (QED) is 0.153. The average Bonchev–Trinajstić information content (AvgIpc) is 3.91. The maximum absolute atomic E-state index is 6.84. The van der Waals surface area contributed by atoms with E-state index in [1.807, 2.05) is 6.07 Å². The first-order valence-corrected chi connectivity index (χ1v) is 21.5. The van der Waals surface area contributed by atoms with Gasteiger partial charge in [0.15, 0.2) is 0 Å². The number of hydrogen-bond acceptors (Lipinski definition) is 2. The standard InChI is InChI=1S/C60H40N2O/c1-4-17-41(18-5-1)42-31-33-46(34-32-42)61(48-35-36-50(43-19-6-2-7-20-43)54(38-48)44-21-8-3-9-22-44)49-39-55(60-56(40-49)53-27-12-15-30-59(53)63-60)45-23-16-24-47(37-45)62-57-28-13-10-25-51(57)52-26-11-14-29-58(52)62/h1-40H. The highest BCUT2D eigenvalue weighted by Gasteiger charge is 2.22. The van der Waals surface area contributed by atoms with E-state index in [4.69, 9.17) is 4.42 Å². The minimum absolute atomic E-state index is 0.863. The van der Waals surface area contributed by atoms with E-state index in [1.54, 1.807) is 0 Å². The molecule has 0 aliphatic rings. The summed E-state index contributed by atoms with van der Waals surface area (Å²) in [5.74, 6) is 0. The molecule has 3 nitrogen and oxygen atoms in total. The Kier molecular flexibility index (Phi) is 8.83. The second-order valence-electron chi connectivity index (χ2n) is 16.1. The van der Waals surface area contributed by atoms with Gasteiger partial charge in [-0.2, -0.15) is 0 Å². The molecule has 12 rings (SSSR count). The van der Waals surface area contributed by atoms with Crippen molar-refractivity contribution in [3.8, 4) is 50.2 Å². The van der Waals surface area contributed by atoms with Gasteiger partial charge in [0.05, 0.1) is 11.0 Å². The molecule has 2 heterocycles. The van der Waals surface area contributed by atoms with Crippen LogP contribution in [0.25, 0.3) is 93.9 Å². The lowest BCUT2D eigenvalue weighted by atomic mass is 9.93. The fourth-order valence-corrected chi connectivity index (χ4v) is 9.45. The molecule has 0 saturated carbocycles. The Hall–Kier alpha value is -8.40. The molecule has 0 bridgehead atoms. The van der Waals surface area contributed by atoms with Gasteiger partial charge in [-0.15, -0.1) is 0 Å². The molecule has 0 aliphatic carbocycles. The Morgan fingerprint density at radius 2 is 0.825 bits per heavy atom. The van der Waals surface area contributed by atoms with Crippen molar-refractivity contribution >= 4 is 60.8 Å². The summed E-state index contributed by atoms with van der Waals surface area (Å²) in [6.45, 7) is 0. The molecule has 2 aromatic heterocycles. The van der Waals surface area contributed by atoms with Crippen LogP contribution in [0.1, 0.15) is 0 Å². The molecule has 10 aromatic carbocycles. The van der Waals surface area contributed by atoms with Gasteiger partial charge in [0, 0.05) is 49.9 Å². The number of hydrogen-bond donors (Lipinski definition) is 0. The van der Waals surface area contributed by atoms with E-state index in [-0.39, 0.29) is 0 Å². The lowest BCUT2D eigenvalue weighted by Crippen LogP contribution is -2.10. The summed E-state index contributed by atoms with van der Waals surface area (Å²) in [6, 6.07) is 87.1. The number of fused-ring (bicyclic) bond motifs is 6. The molecular formula is C60H40N2O. The summed E-state index contributed by atoms with van der Waals surface area (Å²) >= 11 is 0. The number of furan rings is 1. The monoisotopic (exact) mass is 804 g/mol. The third-order valence-corrected chi connectivity index (χ3v) is 12.4. The van der Waals surface area contributed by atoms with E-state index < -0.39 is 0 Å². The Bertz CT molecular complexity index is 3550. The zero-order valence-electron chi connectivity index (χ0n) is 34.4. The molecule has 0 fully saturated rings. The first-order valence-electron chi connectivity index (χ1n) is 21.5. The summed E-state index contributed by atoms with van der Waals surface area (Å²) in [4.78, 5) is 2.40. The van der Waals surface area contributed by atoms with E-state index in [2.05, 4.69) is 246 Å². The van der Waals surface area contributed by atoms with Crippen LogP contribution < -0.4 is 4.90 Å². The van der Waals surface area contributed by atoms with E-state index in [9.17, 15) is 0 Å². The van der Waals surface area contributed by atoms with Crippen LogP contribution in [0.5, 0.6) is 0 Å². The number of rotatable bonds is 8. The normalized spacial score (nSPS) is 11.5. The van der Waals surface area contributed by atoms with Crippen LogP contribution in [0.4, 0.5) is 17.1 Å². The van der Waals surface area contributed by atoms with Crippen LogP contribution in [0.15, 0.2) is 247 Å². The second-order valence-corrected chi connectivity index (χ2v) is 16.1. The molecule has 63 heavy (non-hydrogen) atoms. The molecule has 0 aliphatic heterocycles. The van der Waals surface area contributed by atoms with Crippen molar-refractivity contribution in [1.82, 2.24) is 4.57 Å². The van der Waals surface area contributed by atoms with Crippen molar-refractivity contribution in [2.45, 2.75) is 0 Å². The van der Waals surface area contributed by atoms with E-state index >= 15 is 0 Å². The van der Waals surface area contributed by atoms with Gasteiger partial charge in [-0.3, -0.25) is 0 Å². The van der Waals surface area contributed by atoms with Crippen molar-refractivity contribution in [3.63, 3.8) is 0 Å². The lowest BCUT2D eigenvalue weighted by Gasteiger charge is -2.28. The minimum atomic E-state index is 0.863. The van der Waals surface area contributed by atoms with Gasteiger partial charge < -0.3 is 13.9 Å². The second kappa shape index (κ2) is 15.3. The molecule has 0 spiro atoms. The van der Waals surface area contributed by atoms with Crippen LogP contribution in [-0.2, 0) is 0 Å². The Balaban J connectivity index is 1.10. The average molecular weight is 805 g/mol. The number of nitrogens with zero attached hydrogens (tertiary/aromatic N) is 2. The third kappa shape index (κ3) is 6.38. The van der Waals surface area contributed by atoms with Crippen molar-refractivity contribution < 1.29 is 4.42 Å². The van der Waals surface area contributed by atoms with E-state index in [0.29, 0.717) is 0 Å². The number of para-hydroxylation sites is 3. The van der Waals surface area contributed by atoms with Crippen molar-refractivity contribution in [2.75, 3.05) is 4.90 Å². The van der Waals surface area contributed by atoms with Crippen LogP contribution in [0.2, 0.25) is 0 Å². The predicted molar refractivity (Wildman–Crippen MR) is 264 cm³/mol. The summed E-state index contributed by atoms with van der Waals surface area (Å²) < 4.78 is 9.22. The van der Waals surface area contributed by atoms with Gasteiger partial charge >= 0.3 is 0 Å². The van der Waals surface area contributed by atoms with Gasteiger partial charge in [-0.25, -0.2) is 0 Å². The fourth-order valence-electron chi connectivity index (χ4n) is 9.45. The zero-order chi connectivity index (χ0) is 41.7. The number of anilines is 3. The molecule has 3 heteroatoms. The number of aromatic nitrogens is 1. The molecule has 296 valence electrons. The van der Waals surface area contributed by atoms with Gasteiger partial charge in [0.25, 0.3) is 0 Å². The van der Waals surface area contributed by atoms with E-state index in [1.165, 1.54) is 49.6 Å². The van der Waals surface area contributed by atoms with Crippen molar-refractivity contribution in [1.29, 1.82) is 0 Å². The maximum Gasteiger partial charge on any atom is 0.143 e. The van der Waals surface area contributed by atoms with Gasteiger partial charge in [0.2, 0.25) is 0 Å². The SMILES string of the molecule is c1ccc(-c2ccc(N(c3ccc(-c4ccccc4)c(-c4ccccc4)c3)c3cc(-c4cccc(-n5c6ccccc6c6ccccc65)c4)c4oc5ccccc5c4c3)cc2)cc1. The van der Waals surface area contributed by atoms with Crippen LogP contribution in [0, 0.1) is 0 Å². The Morgan fingerprint density at radius 1 is 0.302 bits per heavy atom. The van der Waals surface area contributed by atoms with Gasteiger partial charge in [0.1, 0.15) is 11.2 Å². The summed E-state index contributed by atoms with van der Waals surface area (Å²) in [6.07, 6.45) is 0. The minimum Gasteiger partial charge on any atom is -0.455 e. The maximum atomic E-state index is 6.84. The summed E-state index contributed by atoms with van der Waals surface area (Å²) in [5.41, 5.74) is 17.5. The first-order chi connectivity index (χ1) is 31.2. The van der Waals surface area contributed by atoms with Crippen molar-refractivity contribution in [2.24, 2.45) is 0 Å². The van der Waals surface area contributed by atoms with Gasteiger partial charge in [-0.1, -0.05) is 176 Å². The predicted octanol–water partition coefficient (Wildman–Crippen LogP) is 16.8. The lowest BCUT2D eigenvalue weighted by molar-refractivity contribution is 0.670. The molecule has 0 saturated heterocycles. The summed E-state index contributed by atoms with van der Waals surface area (Å²) in [5, 5.41) is 4.62. The molecular weight excluding hydrogens is 765 g/mol. The molecule has 0 unspecified atom stereocenters. The highest BCUT2D eigenvalue weighted by Crippen LogP contribution is 2.46. The summed E-state index contributed by atoms with van der Waals surface area (Å²) in [7, 11) is 0. The third-order valence-electron chi connectivity index (χ3n) is 12.4. The highest BCUT2D eigenvalue weighted by molar-refractivity contribution is 6.12. The fraction of sp³-hybridized carbons (Fsp3) is 0. The Morgan fingerprint density at radius 3 is 1.51 bits per heavy atom. The van der Waals surface area contributed by atoms with Gasteiger partial charge in [-0.05, 0) is 106 Å². The zero-order valence-corrected chi connectivity index (χ0v) is 34.4. The van der Waals surface area contributed by atoms with Crippen LogP contribution in [-0.4, -0.2) is 4.57 Å². The Labute approximate surface area is 366 Å². The topological polar surface area (TPSA) is 21.3 Å². The molecule has 0 radical (unpaired) electrons. The largest absolute Gasteiger partial charge is 0.455 e. The molecule has 0 N–H and O–H groups in total. The van der Waals surface area contributed by atoms with Crippen LogP contribution in [0.3, 0.4) is 0 Å². The smallest absolute Gasteiger partial charge is 0.143 e. The molecule has 12 aromatic rings. The number of benzene rings is 10.